The zero-order valence-electron chi connectivity index (χ0n) is 11.0. The van der Waals surface area contributed by atoms with E-state index in [1.807, 2.05) is 11.0 Å². The van der Waals surface area contributed by atoms with Crippen molar-refractivity contribution in [2.24, 2.45) is 0 Å². The molecule has 1 amide bonds. The van der Waals surface area contributed by atoms with Crippen LogP contribution in [0, 0.1) is 0 Å². The number of rotatable bonds is 2. The molecule has 2 aliphatic rings. The van der Waals surface area contributed by atoms with Crippen LogP contribution in [0.25, 0.3) is 0 Å². The minimum absolute atomic E-state index is 0.228. The van der Waals surface area contributed by atoms with E-state index in [0.717, 1.165) is 25.3 Å². The van der Waals surface area contributed by atoms with Gasteiger partial charge in [0, 0.05) is 30.9 Å². The highest BCUT2D eigenvalue weighted by molar-refractivity contribution is 9.09. The van der Waals surface area contributed by atoms with Crippen molar-refractivity contribution in [2.45, 2.75) is 30.5 Å². The van der Waals surface area contributed by atoms with Crippen molar-refractivity contribution in [1.29, 1.82) is 0 Å². The van der Waals surface area contributed by atoms with Gasteiger partial charge >= 0.3 is 0 Å². The summed E-state index contributed by atoms with van der Waals surface area (Å²) in [5.74, 6) is 0.228. The van der Waals surface area contributed by atoms with Gasteiger partial charge in [-0.25, -0.2) is 0 Å². The summed E-state index contributed by atoms with van der Waals surface area (Å²) in [4.78, 5) is 16.7. The van der Waals surface area contributed by atoms with Crippen LogP contribution in [0.3, 0.4) is 0 Å². The number of anilines is 2. The lowest BCUT2D eigenvalue weighted by molar-refractivity contribution is -0.117. The van der Waals surface area contributed by atoms with Crippen LogP contribution in [0.15, 0.2) is 24.3 Å². The van der Waals surface area contributed by atoms with E-state index in [2.05, 4.69) is 39.0 Å². The topological polar surface area (TPSA) is 23.6 Å². The molecular weight excluding hydrogens is 304 g/mol. The molecule has 0 aliphatic carbocycles. The summed E-state index contributed by atoms with van der Waals surface area (Å²) in [5, 5.41) is 0. The highest BCUT2D eigenvalue weighted by atomic mass is 79.9. The maximum atomic E-state index is 12.1. The maximum absolute atomic E-state index is 12.1. The van der Waals surface area contributed by atoms with Crippen molar-refractivity contribution < 1.29 is 4.79 Å². The number of halogens is 1. The number of nitrogens with zero attached hydrogens (tertiary/aromatic N) is 2. The molecule has 0 spiro atoms. The number of piperidine rings is 1. The molecule has 4 heteroatoms. The Hall–Kier alpha value is -1.03. The van der Waals surface area contributed by atoms with Crippen molar-refractivity contribution in [3.8, 4) is 0 Å². The molecule has 3 nitrogen and oxygen atoms in total. The van der Waals surface area contributed by atoms with Gasteiger partial charge in [-0.15, -0.1) is 0 Å². The second-order valence-corrected chi connectivity index (χ2v) is 6.64. The molecule has 1 atom stereocenters. The number of amides is 1. The second kappa shape index (κ2) is 5.53. The van der Waals surface area contributed by atoms with Crippen molar-refractivity contribution >= 4 is 33.2 Å². The smallest absolute Gasteiger partial charge is 0.228 e. The molecule has 1 aromatic rings. The van der Waals surface area contributed by atoms with Crippen LogP contribution < -0.4 is 9.80 Å². The van der Waals surface area contributed by atoms with Crippen LogP contribution in [-0.2, 0) is 4.79 Å². The first kappa shape index (κ1) is 13.0. The van der Waals surface area contributed by atoms with Crippen molar-refractivity contribution in [3.05, 3.63) is 24.3 Å². The Bertz CT molecular complexity index is 471. The minimum atomic E-state index is 0.228. The van der Waals surface area contributed by atoms with Gasteiger partial charge in [0.15, 0.2) is 0 Å². The first-order chi connectivity index (χ1) is 9.25. The number of alkyl halides is 1. The SMILES string of the molecule is O=C1CC(Br)CN1c1ccccc1N1CCCCC1. The molecule has 0 N–H and O–H groups in total. The van der Waals surface area contributed by atoms with Gasteiger partial charge in [-0.3, -0.25) is 4.79 Å². The first-order valence-electron chi connectivity index (χ1n) is 7.04. The van der Waals surface area contributed by atoms with E-state index < -0.39 is 0 Å². The van der Waals surface area contributed by atoms with E-state index in [4.69, 9.17) is 0 Å². The number of benzene rings is 1. The molecule has 0 radical (unpaired) electrons. The summed E-state index contributed by atoms with van der Waals surface area (Å²) in [7, 11) is 0. The van der Waals surface area contributed by atoms with E-state index >= 15 is 0 Å². The van der Waals surface area contributed by atoms with Crippen molar-refractivity contribution in [2.75, 3.05) is 29.4 Å². The van der Waals surface area contributed by atoms with Gasteiger partial charge in [0.1, 0.15) is 0 Å². The van der Waals surface area contributed by atoms with E-state index in [9.17, 15) is 4.79 Å². The lowest BCUT2D eigenvalue weighted by atomic mass is 10.1. The molecule has 19 heavy (non-hydrogen) atoms. The van der Waals surface area contributed by atoms with Crippen LogP contribution >= 0.6 is 15.9 Å². The molecule has 1 aromatic carbocycles. The number of hydrogen-bond donors (Lipinski definition) is 0. The summed E-state index contributed by atoms with van der Waals surface area (Å²) >= 11 is 3.56. The molecule has 3 rings (SSSR count). The highest BCUT2D eigenvalue weighted by Crippen LogP contribution is 2.34. The van der Waals surface area contributed by atoms with E-state index in [0.29, 0.717) is 6.42 Å². The van der Waals surface area contributed by atoms with Crippen LogP contribution in [0.4, 0.5) is 11.4 Å². The normalized spacial score (nSPS) is 24.1. The largest absolute Gasteiger partial charge is 0.370 e. The van der Waals surface area contributed by atoms with Gasteiger partial charge in [0.05, 0.1) is 11.4 Å². The third-order valence-electron chi connectivity index (χ3n) is 3.95. The zero-order valence-corrected chi connectivity index (χ0v) is 12.6. The van der Waals surface area contributed by atoms with Crippen LogP contribution in [0.1, 0.15) is 25.7 Å². The predicted molar refractivity (Wildman–Crippen MR) is 82.2 cm³/mol. The Kier molecular flexibility index (Phi) is 3.78. The fraction of sp³-hybridized carbons (Fsp3) is 0.533. The Labute approximate surface area is 122 Å². The lowest BCUT2D eigenvalue weighted by Crippen LogP contribution is -2.33. The Morgan fingerprint density at radius 3 is 2.37 bits per heavy atom. The average Bonchev–Trinajstić information content (AvgIpc) is 2.79. The van der Waals surface area contributed by atoms with Gasteiger partial charge in [-0.05, 0) is 31.4 Å². The summed E-state index contributed by atoms with van der Waals surface area (Å²) in [6.07, 6.45) is 4.44. The zero-order chi connectivity index (χ0) is 13.2. The summed E-state index contributed by atoms with van der Waals surface area (Å²) in [6, 6.07) is 8.32. The molecule has 2 saturated heterocycles. The molecule has 102 valence electrons. The van der Waals surface area contributed by atoms with Gasteiger partial charge in [0.25, 0.3) is 0 Å². The van der Waals surface area contributed by atoms with Gasteiger partial charge < -0.3 is 9.80 Å². The van der Waals surface area contributed by atoms with Crippen LogP contribution in [0.5, 0.6) is 0 Å². The molecule has 0 aromatic heterocycles. The third kappa shape index (κ3) is 2.64. The molecule has 2 heterocycles. The quantitative estimate of drug-likeness (QED) is 0.781. The standard InChI is InChI=1S/C15H19BrN2O/c16-12-10-15(19)18(11-12)14-7-3-2-6-13(14)17-8-4-1-5-9-17/h2-3,6-7,12H,1,4-5,8-11H2. The third-order valence-corrected chi connectivity index (χ3v) is 4.56. The van der Waals surface area contributed by atoms with Gasteiger partial charge in [-0.2, -0.15) is 0 Å². The average molecular weight is 323 g/mol. The monoisotopic (exact) mass is 322 g/mol. The molecule has 0 bridgehead atoms. The summed E-state index contributed by atoms with van der Waals surface area (Å²) in [5.41, 5.74) is 2.30. The lowest BCUT2D eigenvalue weighted by Gasteiger charge is -2.32. The predicted octanol–water partition coefficient (Wildman–Crippen LogP) is 3.18. The fourth-order valence-electron chi connectivity index (χ4n) is 2.99. The molecule has 1 unspecified atom stereocenters. The minimum Gasteiger partial charge on any atom is -0.370 e. The Morgan fingerprint density at radius 2 is 1.74 bits per heavy atom. The Balaban J connectivity index is 1.90. The number of hydrogen-bond acceptors (Lipinski definition) is 2. The fourth-order valence-corrected chi connectivity index (χ4v) is 3.56. The van der Waals surface area contributed by atoms with Crippen LogP contribution in [-0.4, -0.2) is 30.4 Å². The molecule has 0 saturated carbocycles. The van der Waals surface area contributed by atoms with Crippen molar-refractivity contribution in [1.82, 2.24) is 0 Å². The summed E-state index contributed by atoms with van der Waals surface area (Å²) < 4.78 is 0. The Morgan fingerprint density at radius 1 is 1.05 bits per heavy atom. The number of para-hydroxylation sites is 2. The van der Waals surface area contributed by atoms with E-state index in [1.54, 1.807) is 0 Å². The maximum Gasteiger partial charge on any atom is 0.228 e. The van der Waals surface area contributed by atoms with Gasteiger partial charge in [0.2, 0.25) is 5.91 Å². The summed E-state index contributed by atoms with van der Waals surface area (Å²) in [6.45, 7) is 3.00. The van der Waals surface area contributed by atoms with Gasteiger partial charge in [-0.1, -0.05) is 28.1 Å². The first-order valence-corrected chi connectivity index (χ1v) is 7.95. The number of carbonyl (C=O) groups is 1. The highest BCUT2D eigenvalue weighted by Gasteiger charge is 2.31. The molecule has 2 fully saturated rings. The van der Waals surface area contributed by atoms with Crippen molar-refractivity contribution in [3.63, 3.8) is 0 Å². The van der Waals surface area contributed by atoms with Crippen LogP contribution in [0.2, 0.25) is 0 Å². The number of carbonyl (C=O) groups excluding carboxylic acids is 1. The van der Waals surface area contributed by atoms with E-state index in [-0.39, 0.29) is 10.7 Å². The second-order valence-electron chi connectivity index (χ2n) is 5.34. The molecule has 2 aliphatic heterocycles. The van der Waals surface area contributed by atoms with E-state index in [1.165, 1.54) is 24.9 Å². The molecular formula is C15H19BrN2O.